The maximum atomic E-state index is 13.6. The molecule has 0 aliphatic carbocycles. The van der Waals surface area contributed by atoms with Crippen LogP contribution >= 0.6 is 0 Å². The third kappa shape index (κ3) is 7.45. The number of nitrogens with zero attached hydrogens (tertiary/aromatic N) is 2. The largest absolute Gasteiger partial charge is 0.495 e. The van der Waals surface area contributed by atoms with E-state index in [0.29, 0.717) is 46.7 Å². The van der Waals surface area contributed by atoms with Crippen LogP contribution in [0, 0.1) is 6.92 Å². The lowest BCUT2D eigenvalue weighted by atomic mass is 9.98. The maximum Gasteiger partial charge on any atom is 0.265 e. The van der Waals surface area contributed by atoms with E-state index in [2.05, 4.69) is 20.3 Å². The van der Waals surface area contributed by atoms with E-state index in [-0.39, 0.29) is 28.3 Å². The fraction of sp³-hybridized carbons (Fsp3) is 0.219. The minimum absolute atomic E-state index is 0.0446. The molecule has 0 atom stereocenters. The molecule has 3 N–H and O–H groups in total. The Morgan fingerprint density at radius 2 is 1.64 bits per heavy atom. The van der Waals surface area contributed by atoms with Crippen molar-refractivity contribution in [1.29, 1.82) is 0 Å². The summed E-state index contributed by atoms with van der Waals surface area (Å²) in [6.07, 6.45) is 1.54. The highest BCUT2D eigenvalue weighted by Gasteiger charge is 2.23. The summed E-state index contributed by atoms with van der Waals surface area (Å²) in [5.74, 6) is -0.0458. The number of hydrogen-bond acceptors (Lipinski definition) is 8. The van der Waals surface area contributed by atoms with E-state index in [1.165, 1.54) is 19.1 Å². The fourth-order valence-corrected chi connectivity index (χ4v) is 5.75. The minimum Gasteiger partial charge on any atom is -0.495 e. The molecule has 0 saturated heterocycles. The van der Waals surface area contributed by atoms with Crippen LogP contribution in [0.3, 0.4) is 0 Å². The molecule has 0 aliphatic heterocycles. The number of methoxy groups -OCH3 is 2. The summed E-state index contributed by atoms with van der Waals surface area (Å²) in [6, 6.07) is 20.3. The van der Waals surface area contributed by atoms with Gasteiger partial charge in [0.25, 0.3) is 21.8 Å². The summed E-state index contributed by atoms with van der Waals surface area (Å²) in [5, 5.41) is 5.98. The summed E-state index contributed by atoms with van der Waals surface area (Å²) >= 11 is 0. The number of carbonyl (C=O) groups excluding carboxylic acids is 2. The number of sulfonamides is 1. The number of hydrogen-bond donors (Lipinski definition) is 3. The molecule has 0 saturated carbocycles. The lowest BCUT2D eigenvalue weighted by Gasteiger charge is -2.17. The fourth-order valence-electron chi connectivity index (χ4n) is 4.53. The van der Waals surface area contributed by atoms with Crippen molar-refractivity contribution < 1.29 is 27.5 Å². The van der Waals surface area contributed by atoms with Gasteiger partial charge in [0.1, 0.15) is 16.2 Å². The second kappa shape index (κ2) is 13.9. The van der Waals surface area contributed by atoms with Crippen LogP contribution < -0.4 is 24.8 Å². The summed E-state index contributed by atoms with van der Waals surface area (Å²) < 4.78 is 40.5. The van der Waals surface area contributed by atoms with Crippen LogP contribution in [0.4, 0.5) is 11.4 Å². The Morgan fingerprint density at radius 1 is 0.886 bits per heavy atom. The Balaban J connectivity index is 1.49. The first kappa shape index (κ1) is 31.8. The van der Waals surface area contributed by atoms with Crippen molar-refractivity contribution in [2.24, 2.45) is 0 Å². The summed E-state index contributed by atoms with van der Waals surface area (Å²) in [7, 11) is 2.13. The van der Waals surface area contributed by atoms with Gasteiger partial charge in [0.2, 0.25) is 5.88 Å². The molecule has 0 unspecified atom stereocenters. The van der Waals surface area contributed by atoms with Gasteiger partial charge in [-0.05, 0) is 78.2 Å². The molecular weight excluding hydrogens is 582 g/mol. The van der Waals surface area contributed by atoms with Crippen molar-refractivity contribution in [2.75, 3.05) is 51.4 Å². The molecular formula is C32H35N5O6S. The average Bonchev–Trinajstić information content (AvgIpc) is 3.02. The Hall–Kier alpha value is -5.10. The molecule has 0 fully saturated rings. The van der Waals surface area contributed by atoms with E-state index in [9.17, 15) is 18.0 Å². The first-order chi connectivity index (χ1) is 21.0. The van der Waals surface area contributed by atoms with Gasteiger partial charge >= 0.3 is 0 Å². The number of aromatic nitrogens is 1. The summed E-state index contributed by atoms with van der Waals surface area (Å²) in [5.41, 5.74) is 3.95. The van der Waals surface area contributed by atoms with Gasteiger partial charge in [-0.1, -0.05) is 18.2 Å². The minimum atomic E-state index is -4.09. The van der Waals surface area contributed by atoms with Gasteiger partial charge in [0, 0.05) is 44.6 Å². The highest BCUT2D eigenvalue weighted by Crippen LogP contribution is 2.35. The quantitative estimate of drug-likeness (QED) is 0.199. The van der Waals surface area contributed by atoms with E-state index in [1.54, 1.807) is 87.0 Å². The highest BCUT2D eigenvalue weighted by atomic mass is 32.2. The second-order valence-corrected chi connectivity index (χ2v) is 11.7. The maximum absolute atomic E-state index is 13.6. The number of pyridine rings is 1. The van der Waals surface area contributed by atoms with Gasteiger partial charge in [0.15, 0.2) is 0 Å². The molecule has 4 rings (SSSR count). The summed E-state index contributed by atoms with van der Waals surface area (Å²) in [4.78, 5) is 30.5. The molecule has 0 spiro atoms. The van der Waals surface area contributed by atoms with Crippen molar-refractivity contribution in [1.82, 2.24) is 15.2 Å². The molecule has 0 bridgehead atoms. The van der Waals surface area contributed by atoms with E-state index in [1.807, 2.05) is 13.0 Å². The van der Waals surface area contributed by atoms with Crippen molar-refractivity contribution in [3.63, 3.8) is 0 Å². The van der Waals surface area contributed by atoms with Crippen LogP contribution in [0.25, 0.3) is 11.1 Å². The zero-order valence-electron chi connectivity index (χ0n) is 25.2. The number of nitrogens with one attached hydrogen (secondary N) is 3. The number of carbonyl (C=O) groups is 2. The standard InChI is InChI=1S/C32H35N5O6S/c1-21-17-28(42-4)29(20-27(21)22-9-6-10-23(18-22)32(39)37(2)3)44(40,41)36-25-12-7-11-24(19-25)33-15-16-34-30(38)26-13-8-14-35-31(26)43-5/h6-14,17-20,33,36H,15-16H2,1-5H3,(H,34,38). The second-order valence-electron chi connectivity index (χ2n) is 10.0. The lowest BCUT2D eigenvalue weighted by Crippen LogP contribution is -2.29. The van der Waals surface area contributed by atoms with Gasteiger partial charge in [-0.3, -0.25) is 14.3 Å². The molecule has 0 aliphatic rings. The van der Waals surface area contributed by atoms with E-state index in [4.69, 9.17) is 9.47 Å². The van der Waals surface area contributed by atoms with Crippen LogP contribution in [0.5, 0.6) is 11.6 Å². The van der Waals surface area contributed by atoms with Crippen LogP contribution in [-0.2, 0) is 10.0 Å². The van der Waals surface area contributed by atoms with E-state index < -0.39 is 10.0 Å². The summed E-state index contributed by atoms with van der Waals surface area (Å²) in [6.45, 7) is 2.54. The highest BCUT2D eigenvalue weighted by molar-refractivity contribution is 7.92. The van der Waals surface area contributed by atoms with Gasteiger partial charge < -0.3 is 25.0 Å². The van der Waals surface area contributed by atoms with Crippen LogP contribution in [0.15, 0.2) is 83.9 Å². The number of aryl methyl sites for hydroxylation is 1. The molecule has 12 heteroatoms. The smallest absolute Gasteiger partial charge is 0.265 e. The number of anilines is 2. The topological polar surface area (TPSA) is 139 Å². The molecule has 4 aromatic rings. The zero-order chi connectivity index (χ0) is 31.9. The van der Waals surface area contributed by atoms with Crippen molar-refractivity contribution in [3.05, 3.63) is 95.7 Å². The van der Waals surface area contributed by atoms with Gasteiger partial charge in [-0.2, -0.15) is 0 Å². The Morgan fingerprint density at radius 3 is 2.36 bits per heavy atom. The molecule has 11 nitrogen and oxygen atoms in total. The normalized spacial score (nSPS) is 10.9. The first-order valence-corrected chi connectivity index (χ1v) is 15.2. The van der Waals surface area contributed by atoms with Crippen LogP contribution in [0.2, 0.25) is 0 Å². The lowest BCUT2D eigenvalue weighted by molar-refractivity contribution is 0.0827. The Kier molecular flexibility index (Phi) is 10.1. The van der Waals surface area contributed by atoms with E-state index >= 15 is 0 Å². The van der Waals surface area contributed by atoms with E-state index in [0.717, 1.165) is 5.56 Å². The van der Waals surface area contributed by atoms with Gasteiger partial charge in [-0.15, -0.1) is 0 Å². The molecule has 44 heavy (non-hydrogen) atoms. The third-order valence-corrected chi connectivity index (χ3v) is 8.09. The molecule has 2 amide bonds. The predicted octanol–water partition coefficient (Wildman–Crippen LogP) is 4.42. The molecule has 1 aromatic heterocycles. The third-order valence-electron chi connectivity index (χ3n) is 6.69. The number of amides is 2. The molecule has 230 valence electrons. The van der Waals surface area contributed by atoms with Crippen LogP contribution in [-0.4, -0.2) is 71.5 Å². The van der Waals surface area contributed by atoms with Gasteiger partial charge in [0.05, 0.1) is 19.9 Å². The molecule has 0 radical (unpaired) electrons. The van der Waals surface area contributed by atoms with Gasteiger partial charge in [-0.25, -0.2) is 13.4 Å². The Bertz CT molecular complexity index is 1770. The van der Waals surface area contributed by atoms with Crippen molar-refractivity contribution >= 4 is 33.2 Å². The average molecular weight is 618 g/mol. The Labute approximate surface area is 257 Å². The van der Waals surface area contributed by atoms with Crippen molar-refractivity contribution in [2.45, 2.75) is 11.8 Å². The molecule has 3 aromatic carbocycles. The number of benzene rings is 3. The SMILES string of the molecule is COc1cc(C)c(-c2cccc(C(=O)N(C)C)c2)cc1S(=O)(=O)Nc1cccc(NCCNC(=O)c2cccnc2OC)c1. The van der Waals surface area contributed by atoms with Crippen molar-refractivity contribution in [3.8, 4) is 22.8 Å². The first-order valence-electron chi connectivity index (χ1n) is 13.7. The van der Waals surface area contributed by atoms with Crippen LogP contribution in [0.1, 0.15) is 26.3 Å². The predicted molar refractivity (Wildman–Crippen MR) is 170 cm³/mol. The number of rotatable bonds is 12. The zero-order valence-corrected chi connectivity index (χ0v) is 26.0. The number of ether oxygens (including phenoxy) is 2. The monoisotopic (exact) mass is 617 g/mol. The molecule has 1 heterocycles.